The number of nitrogens with one attached hydrogen (secondary N) is 1. The number of aromatic nitrogens is 4. The third-order valence-corrected chi connectivity index (χ3v) is 5.04. The summed E-state index contributed by atoms with van der Waals surface area (Å²) >= 11 is 1.26. The second kappa shape index (κ2) is 6.76. The van der Waals surface area contributed by atoms with Gasteiger partial charge in [-0.1, -0.05) is 30.0 Å². The van der Waals surface area contributed by atoms with E-state index in [0.717, 1.165) is 22.2 Å². The van der Waals surface area contributed by atoms with Gasteiger partial charge in [0.25, 0.3) is 5.22 Å². The molecule has 6 nitrogen and oxygen atoms in total. The van der Waals surface area contributed by atoms with Crippen molar-refractivity contribution in [2.24, 2.45) is 0 Å². The number of hydrogen-bond donors (Lipinski definition) is 1. The number of pyridine rings is 1. The van der Waals surface area contributed by atoms with Crippen molar-refractivity contribution in [2.75, 3.05) is 0 Å². The summed E-state index contributed by atoms with van der Waals surface area (Å²) in [6.07, 6.45) is 3.34. The van der Waals surface area contributed by atoms with Gasteiger partial charge in [-0.05, 0) is 32.0 Å². The van der Waals surface area contributed by atoms with Crippen LogP contribution in [-0.4, -0.2) is 31.2 Å². The summed E-state index contributed by atoms with van der Waals surface area (Å²) in [6, 6.07) is 11.5. The average molecular weight is 364 g/mol. The number of nitrogens with zero attached hydrogens (tertiary/aromatic N) is 3. The number of hydrogen-bond acceptors (Lipinski definition) is 6. The highest BCUT2D eigenvalue weighted by Crippen LogP contribution is 2.30. The molecule has 1 aromatic carbocycles. The lowest BCUT2D eigenvalue weighted by molar-refractivity contribution is 0.0994. The minimum absolute atomic E-state index is 0.0334. The maximum atomic E-state index is 13.0. The predicted octanol–water partition coefficient (Wildman–Crippen LogP) is 4.28. The second-order valence-corrected chi connectivity index (χ2v) is 7.20. The quantitative estimate of drug-likeness (QED) is 0.420. The molecule has 0 saturated carbocycles. The zero-order valence-electron chi connectivity index (χ0n) is 14.3. The Hall–Kier alpha value is -2.93. The van der Waals surface area contributed by atoms with Crippen LogP contribution in [0.5, 0.6) is 0 Å². The Bertz CT molecular complexity index is 1070. The molecule has 0 radical (unpaired) electrons. The number of para-hydroxylation sites is 1. The van der Waals surface area contributed by atoms with E-state index in [4.69, 9.17) is 4.42 Å². The summed E-state index contributed by atoms with van der Waals surface area (Å²) in [5.41, 5.74) is 3.29. The zero-order valence-corrected chi connectivity index (χ0v) is 15.1. The summed E-state index contributed by atoms with van der Waals surface area (Å²) in [4.78, 5) is 20.3. The first-order valence-electron chi connectivity index (χ1n) is 8.15. The summed E-state index contributed by atoms with van der Waals surface area (Å²) in [5, 5.41) is 9.02. The van der Waals surface area contributed by atoms with Gasteiger partial charge in [0.15, 0.2) is 5.78 Å². The van der Waals surface area contributed by atoms with Crippen LogP contribution in [0.4, 0.5) is 0 Å². The lowest BCUT2D eigenvalue weighted by Gasteiger charge is -2.07. The first-order chi connectivity index (χ1) is 12.6. The van der Waals surface area contributed by atoms with Gasteiger partial charge in [-0.2, -0.15) is 0 Å². The molecule has 1 atom stereocenters. The lowest BCUT2D eigenvalue weighted by atomic mass is 10.1. The van der Waals surface area contributed by atoms with Crippen LogP contribution in [0.25, 0.3) is 22.4 Å². The van der Waals surface area contributed by atoms with Gasteiger partial charge in [0.2, 0.25) is 5.89 Å². The van der Waals surface area contributed by atoms with E-state index in [0.29, 0.717) is 16.7 Å². The van der Waals surface area contributed by atoms with Crippen LogP contribution in [0.15, 0.2) is 58.4 Å². The summed E-state index contributed by atoms with van der Waals surface area (Å²) < 4.78 is 5.67. The molecule has 4 aromatic rings. The molecule has 0 fully saturated rings. The molecule has 0 aliphatic carbocycles. The number of rotatable bonds is 5. The molecule has 3 heterocycles. The minimum Gasteiger partial charge on any atom is -0.411 e. The van der Waals surface area contributed by atoms with Crippen LogP contribution in [-0.2, 0) is 0 Å². The van der Waals surface area contributed by atoms with Crippen molar-refractivity contribution in [3.8, 4) is 11.5 Å². The molecule has 0 amide bonds. The van der Waals surface area contributed by atoms with E-state index in [1.54, 1.807) is 18.5 Å². The number of benzene rings is 1. The van der Waals surface area contributed by atoms with E-state index < -0.39 is 0 Å². The fourth-order valence-electron chi connectivity index (χ4n) is 2.87. The van der Waals surface area contributed by atoms with Crippen molar-refractivity contribution in [2.45, 2.75) is 24.3 Å². The maximum Gasteiger partial charge on any atom is 0.277 e. The Kier molecular flexibility index (Phi) is 4.30. The first-order valence-corrected chi connectivity index (χ1v) is 9.03. The third kappa shape index (κ3) is 3.01. The minimum atomic E-state index is -0.352. The Balaban J connectivity index is 1.56. The number of fused-ring (bicyclic) bond motifs is 1. The smallest absolute Gasteiger partial charge is 0.277 e. The van der Waals surface area contributed by atoms with Gasteiger partial charge in [0, 0.05) is 34.6 Å². The van der Waals surface area contributed by atoms with Gasteiger partial charge >= 0.3 is 0 Å². The Morgan fingerprint density at radius 3 is 2.85 bits per heavy atom. The number of H-pyrrole nitrogens is 1. The van der Waals surface area contributed by atoms with E-state index in [-0.39, 0.29) is 11.0 Å². The number of thioether (sulfide) groups is 1. The number of Topliss-reactive ketones (excluding diaryl/α,β-unsaturated/α-hetero) is 1. The molecule has 0 saturated heterocycles. The number of aromatic amines is 1. The normalized spacial score (nSPS) is 12.4. The number of carbonyl (C=O) groups is 1. The molecule has 26 heavy (non-hydrogen) atoms. The number of carbonyl (C=O) groups excluding carboxylic acids is 1. The van der Waals surface area contributed by atoms with Crippen molar-refractivity contribution >= 4 is 28.4 Å². The molecule has 130 valence electrons. The molecule has 0 spiro atoms. The van der Waals surface area contributed by atoms with Crippen molar-refractivity contribution in [1.82, 2.24) is 20.2 Å². The van der Waals surface area contributed by atoms with E-state index in [1.807, 2.05) is 44.2 Å². The molecule has 4 rings (SSSR count). The van der Waals surface area contributed by atoms with Crippen LogP contribution in [0.2, 0.25) is 0 Å². The Morgan fingerprint density at radius 1 is 1.19 bits per heavy atom. The Labute approximate surface area is 154 Å². The summed E-state index contributed by atoms with van der Waals surface area (Å²) in [7, 11) is 0. The summed E-state index contributed by atoms with van der Waals surface area (Å²) in [5.74, 6) is 0.426. The van der Waals surface area contributed by atoms with Crippen molar-refractivity contribution in [3.05, 3.63) is 60.0 Å². The van der Waals surface area contributed by atoms with Gasteiger partial charge < -0.3 is 9.40 Å². The summed E-state index contributed by atoms with van der Waals surface area (Å²) in [6.45, 7) is 3.76. The second-order valence-electron chi connectivity index (χ2n) is 5.91. The van der Waals surface area contributed by atoms with Crippen LogP contribution in [0.1, 0.15) is 23.0 Å². The van der Waals surface area contributed by atoms with Gasteiger partial charge in [0.1, 0.15) is 0 Å². The van der Waals surface area contributed by atoms with Crippen LogP contribution in [0.3, 0.4) is 0 Å². The van der Waals surface area contributed by atoms with E-state index in [2.05, 4.69) is 20.2 Å². The largest absolute Gasteiger partial charge is 0.411 e. The highest BCUT2D eigenvalue weighted by molar-refractivity contribution is 8.00. The van der Waals surface area contributed by atoms with Gasteiger partial charge in [0.05, 0.1) is 10.8 Å². The maximum absolute atomic E-state index is 13.0. The van der Waals surface area contributed by atoms with E-state index >= 15 is 0 Å². The molecule has 7 heteroatoms. The highest BCUT2D eigenvalue weighted by Gasteiger charge is 2.24. The van der Waals surface area contributed by atoms with Crippen LogP contribution < -0.4 is 0 Å². The van der Waals surface area contributed by atoms with E-state index in [9.17, 15) is 4.79 Å². The molecule has 0 aliphatic heterocycles. The number of ketones is 1. The Morgan fingerprint density at radius 2 is 2.04 bits per heavy atom. The molecule has 0 unspecified atom stereocenters. The molecule has 3 aromatic heterocycles. The monoisotopic (exact) mass is 364 g/mol. The van der Waals surface area contributed by atoms with Crippen LogP contribution in [0, 0.1) is 6.92 Å². The van der Waals surface area contributed by atoms with Gasteiger partial charge in [-0.15, -0.1) is 10.2 Å². The van der Waals surface area contributed by atoms with Crippen LogP contribution >= 0.6 is 11.8 Å². The highest BCUT2D eigenvalue weighted by atomic mass is 32.2. The molecule has 1 N–H and O–H groups in total. The van der Waals surface area contributed by atoms with E-state index in [1.165, 1.54) is 11.8 Å². The van der Waals surface area contributed by atoms with Crippen molar-refractivity contribution < 1.29 is 9.21 Å². The number of aryl methyl sites for hydroxylation is 1. The zero-order chi connectivity index (χ0) is 18.1. The predicted molar refractivity (Wildman–Crippen MR) is 100 cm³/mol. The third-order valence-electron chi connectivity index (χ3n) is 4.10. The lowest BCUT2D eigenvalue weighted by Crippen LogP contribution is -2.14. The first kappa shape index (κ1) is 16.5. The molecular weight excluding hydrogens is 348 g/mol. The fraction of sp³-hybridized carbons (Fsp3) is 0.158. The van der Waals surface area contributed by atoms with Gasteiger partial charge in [-0.25, -0.2) is 0 Å². The standard InChI is InChI=1S/C19H16N4O2S/c1-11-16(14-7-3-4-8-15(14)21-11)17(24)12(2)26-19-23-22-18(25-19)13-6-5-9-20-10-13/h3-10,12,21H,1-2H3/t12-/m0/s1. The molecule has 0 aliphatic rings. The topological polar surface area (TPSA) is 84.7 Å². The van der Waals surface area contributed by atoms with Crippen molar-refractivity contribution in [3.63, 3.8) is 0 Å². The van der Waals surface area contributed by atoms with Gasteiger partial charge in [-0.3, -0.25) is 9.78 Å². The van der Waals surface area contributed by atoms with Crippen molar-refractivity contribution in [1.29, 1.82) is 0 Å². The fourth-order valence-corrected chi connectivity index (χ4v) is 3.61. The SMILES string of the molecule is Cc1[nH]c2ccccc2c1C(=O)[C@H](C)Sc1nnc(-c2cccnc2)o1. The molecule has 0 bridgehead atoms. The average Bonchev–Trinajstić information content (AvgIpc) is 3.25. The molecular formula is C19H16N4O2S.